The van der Waals surface area contributed by atoms with E-state index in [9.17, 15) is 9.59 Å². The largest absolute Gasteiger partial charge is 0.462 e. The van der Waals surface area contributed by atoms with Crippen LogP contribution in [0, 0.1) is 5.92 Å². The van der Waals surface area contributed by atoms with E-state index in [-0.39, 0.29) is 37.5 Å². The molecule has 6 heteroatoms. The average molecular weight is 783 g/mol. The Balaban J connectivity index is 4.35. The number of ether oxygens (including phenoxy) is 3. The average Bonchev–Trinajstić information content (AvgIpc) is 3.15. The molecule has 0 aliphatic carbocycles. The highest BCUT2D eigenvalue weighted by Gasteiger charge is 2.21. The van der Waals surface area contributed by atoms with Gasteiger partial charge in [-0.1, -0.05) is 184 Å². The molecule has 0 bridgehead atoms. The second-order valence-electron chi connectivity index (χ2n) is 16.6. The number of quaternary nitrogens is 1. The number of carbonyl (C=O) groups is 2. The molecule has 0 heterocycles. The minimum Gasteiger partial charge on any atom is -0.462 e. The highest BCUT2D eigenvalue weighted by molar-refractivity contribution is 5.70. The predicted octanol–water partition coefficient (Wildman–Crippen LogP) is 13.5. The SMILES string of the molecule is CC/C=C\C/C=C\C/C=C\C/C=C\C/C=C\C/C=C\CCC(=O)OC(COCCCCCCCCCCCCCCCCC)COC(=O)CC(C)C[N+](C)(C)C. The van der Waals surface area contributed by atoms with Crippen molar-refractivity contribution in [2.24, 2.45) is 5.92 Å². The Morgan fingerprint density at radius 3 is 1.41 bits per heavy atom. The maximum Gasteiger partial charge on any atom is 0.306 e. The number of nitrogens with zero attached hydrogens (tertiary/aromatic N) is 1. The third-order valence-corrected chi connectivity index (χ3v) is 9.41. The maximum absolute atomic E-state index is 12.7. The predicted molar refractivity (Wildman–Crippen MR) is 241 cm³/mol. The Bertz CT molecular complexity index is 1080. The first-order valence-corrected chi connectivity index (χ1v) is 22.8. The van der Waals surface area contributed by atoms with Crippen molar-refractivity contribution in [3.63, 3.8) is 0 Å². The van der Waals surface area contributed by atoms with E-state index in [0.29, 0.717) is 19.4 Å². The minimum atomic E-state index is -0.596. The fourth-order valence-electron chi connectivity index (χ4n) is 6.52. The summed E-state index contributed by atoms with van der Waals surface area (Å²) in [7, 11) is 6.36. The quantitative estimate of drug-likeness (QED) is 0.0269. The van der Waals surface area contributed by atoms with Crippen LogP contribution in [-0.2, 0) is 23.8 Å². The van der Waals surface area contributed by atoms with E-state index >= 15 is 0 Å². The summed E-state index contributed by atoms with van der Waals surface area (Å²) in [5, 5.41) is 0. The summed E-state index contributed by atoms with van der Waals surface area (Å²) in [6, 6.07) is 0. The Hall–Kier alpha value is -2.70. The molecule has 0 fully saturated rings. The summed E-state index contributed by atoms with van der Waals surface area (Å²) in [5.41, 5.74) is 0. The van der Waals surface area contributed by atoms with Crippen LogP contribution in [0.25, 0.3) is 0 Å². The zero-order chi connectivity index (χ0) is 41.2. The van der Waals surface area contributed by atoms with Crippen molar-refractivity contribution in [1.29, 1.82) is 0 Å². The van der Waals surface area contributed by atoms with Crippen LogP contribution in [0.15, 0.2) is 72.9 Å². The standard InChI is InChI=1S/C50H88NO5/c1-7-9-11-13-15-17-19-21-23-24-25-26-27-29-31-33-35-37-39-41-49(52)56-48(46-55-50(53)43-47(3)44-51(4,5)6)45-54-42-40-38-36-34-32-30-28-22-20-18-16-14-12-10-8-2/h9,11,15,17,21,23,25-26,29,31,35,37,47-48H,7-8,10,12-14,16,18-20,22,24,27-28,30,32-34,36,38-46H2,1-6H3/q+1/b11-9-,17-15-,23-21-,26-25-,31-29-,37-35-. The number of esters is 2. The fraction of sp³-hybridized carbons (Fsp3) is 0.720. The molecule has 0 saturated heterocycles. The van der Waals surface area contributed by atoms with E-state index in [0.717, 1.165) is 62.4 Å². The fourth-order valence-corrected chi connectivity index (χ4v) is 6.52. The van der Waals surface area contributed by atoms with Gasteiger partial charge in [0.25, 0.3) is 0 Å². The van der Waals surface area contributed by atoms with Crippen LogP contribution in [0.1, 0.15) is 175 Å². The summed E-state index contributed by atoms with van der Waals surface area (Å²) in [6.07, 6.45) is 52.4. The number of hydrogen-bond donors (Lipinski definition) is 0. The molecule has 0 saturated carbocycles. The van der Waals surface area contributed by atoms with Gasteiger partial charge in [0.05, 0.1) is 40.7 Å². The molecule has 2 atom stereocenters. The van der Waals surface area contributed by atoms with E-state index < -0.39 is 6.10 Å². The Labute approximate surface area is 346 Å². The first-order valence-electron chi connectivity index (χ1n) is 22.8. The van der Waals surface area contributed by atoms with Crippen LogP contribution in [0.5, 0.6) is 0 Å². The van der Waals surface area contributed by atoms with Gasteiger partial charge in [-0.15, -0.1) is 0 Å². The molecule has 2 unspecified atom stereocenters. The molecule has 0 aliphatic heterocycles. The molecule has 0 aliphatic rings. The van der Waals surface area contributed by atoms with Crippen molar-refractivity contribution in [2.45, 2.75) is 181 Å². The van der Waals surface area contributed by atoms with E-state index in [1.807, 2.05) is 6.08 Å². The van der Waals surface area contributed by atoms with Crippen LogP contribution >= 0.6 is 0 Å². The summed E-state index contributed by atoms with van der Waals surface area (Å²) in [5.74, 6) is -0.349. The Morgan fingerprint density at radius 1 is 0.536 bits per heavy atom. The van der Waals surface area contributed by atoms with Crippen LogP contribution < -0.4 is 0 Å². The van der Waals surface area contributed by atoms with Crippen LogP contribution in [0.2, 0.25) is 0 Å². The van der Waals surface area contributed by atoms with Gasteiger partial charge in [-0.2, -0.15) is 0 Å². The number of allylic oxidation sites excluding steroid dienone is 12. The van der Waals surface area contributed by atoms with Crippen molar-refractivity contribution in [3.05, 3.63) is 72.9 Å². The highest BCUT2D eigenvalue weighted by atomic mass is 16.6. The summed E-state index contributed by atoms with van der Waals surface area (Å²) in [6.45, 7) is 8.27. The molecule has 0 aromatic rings. The molecule has 0 aromatic heterocycles. The van der Waals surface area contributed by atoms with Crippen LogP contribution in [0.4, 0.5) is 0 Å². The van der Waals surface area contributed by atoms with Gasteiger partial charge in [-0.25, -0.2) is 0 Å². The van der Waals surface area contributed by atoms with Gasteiger partial charge >= 0.3 is 11.9 Å². The second kappa shape index (κ2) is 40.5. The monoisotopic (exact) mass is 783 g/mol. The molecule has 6 nitrogen and oxygen atoms in total. The molecule has 56 heavy (non-hydrogen) atoms. The molecule has 0 radical (unpaired) electrons. The van der Waals surface area contributed by atoms with Gasteiger partial charge < -0.3 is 18.7 Å². The first kappa shape index (κ1) is 53.3. The third kappa shape index (κ3) is 42.4. The Morgan fingerprint density at radius 2 is 0.964 bits per heavy atom. The highest BCUT2D eigenvalue weighted by Crippen LogP contribution is 2.14. The number of hydrogen-bond acceptors (Lipinski definition) is 5. The molecular weight excluding hydrogens is 695 g/mol. The molecule has 0 amide bonds. The van der Waals surface area contributed by atoms with Gasteiger partial charge in [0.2, 0.25) is 0 Å². The molecular formula is C50H88NO5+. The lowest BCUT2D eigenvalue weighted by molar-refractivity contribution is -0.873. The molecule has 0 aromatic carbocycles. The Kier molecular flexibility index (Phi) is 38.5. The molecule has 0 rings (SSSR count). The molecule has 0 N–H and O–H groups in total. The zero-order valence-corrected chi connectivity index (χ0v) is 37.4. The van der Waals surface area contributed by atoms with Gasteiger partial charge in [0.1, 0.15) is 6.61 Å². The number of rotatable bonds is 39. The molecule has 322 valence electrons. The lowest BCUT2D eigenvalue weighted by atomic mass is 10.0. The third-order valence-electron chi connectivity index (χ3n) is 9.41. The van der Waals surface area contributed by atoms with Crippen molar-refractivity contribution in [3.8, 4) is 0 Å². The summed E-state index contributed by atoms with van der Waals surface area (Å²) in [4.78, 5) is 25.3. The minimum absolute atomic E-state index is 0.0282. The van der Waals surface area contributed by atoms with Crippen molar-refractivity contribution < 1.29 is 28.3 Å². The second-order valence-corrected chi connectivity index (χ2v) is 16.6. The maximum atomic E-state index is 12.7. The van der Waals surface area contributed by atoms with Gasteiger partial charge in [-0.3, -0.25) is 9.59 Å². The van der Waals surface area contributed by atoms with Gasteiger partial charge in [0, 0.05) is 18.9 Å². The van der Waals surface area contributed by atoms with Crippen molar-refractivity contribution >= 4 is 11.9 Å². The molecule has 0 spiro atoms. The smallest absolute Gasteiger partial charge is 0.306 e. The summed E-state index contributed by atoms with van der Waals surface area (Å²) >= 11 is 0. The van der Waals surface area contributed by atoms with Crippen molar-refractivity contribution in [2.75, 3.05) is 47.5 Å². The lowest BCUT2D eigenvalue weighted by Crippen LogP contribution is -2.39. The normalized spacial score (nSPS) is 13.8. The van der Waals surface area contributed by atoms with E-state index in [4.69, 9.17) is 14.2 Å². The van der Waals surface area contributed by atoms with E-state index in [1.165, 1.54) is 83.5 Å². The first-order chi connectivity index (χ1) is 27.2. The van der Waals surface area contributed by atoms with E-state index in [2.05, 4.69) is 109 Å². The van der Waals surface area contributed by atoms with Crippen molar-refractivity contribution in [1.82, 2.24) is 0 Å². The lowest BCUT2D eigenvalue weighted by Gasteiger charge is -2.27. The van der Waals surface area contributed by atoms with Crippen LogP contribution in [-0.4, -0.2) is 70.0 Å². The number of unbranched alkanes of at least 4 members (excludes halogenated alkanes) is 14. The van der Waals surface area contributed by atoms with Gasteiger partial charge in [-0.05, 0) is 51.4 Å². The topological polar surface area (TPSA) is 61.8 Å². The van der Waals surface area contributed by atoms with Crippen LogP contribution in [0.3, 0.4) is 0 Å². The zero-order valence-electron chi connectivity index (χ0n) is 37.4. The summed E-state index contributed by atoms with van der Waals surface area (Å²) < 4.78 is 18.0. The number of carbonyl (C=O) groups excluding carboxylic acids is 2. The van der Waals surface area contributed by atoms with E-state index in [1.54, 1.807) is 0 Å². The van der Waals surface area contributed by atoms with Gasteiger partial charge in [0.15, 0.2) is 6.10 Å².